The maximum Gasteiger partial charge on any atom is 0.270 e. The Balaban J connectivity index is 1.84. The first-order valence-electron chi connectivity index (χ1n) is 12.7. The molecule has 1 atom stereocenters. The summed E-state index contributed by atoms with van der Waals surface area (Å²) in [5, 5.41) is 3.95. The number of anilines is 1. The third-order valence-electron chi connectivity index (χ3n) is 6.75. The van der Waals surface area contributed by atoms with E-state index in [9.17, 15) is 14.4 Å². The number of hydrogen-bond donors (Lipinski definition) is 3. The summed E-state index contributed by atoms with van der Waals surface area (Å²) < 4.78 is 4.01. The number of fused-ring (bicyclic) bond motifs is 1. The molecule has 4 aromatic rings. The van der Waals surface area contributed by atoms with Gasteiger partial charge >= 0.3 is 0 Å². The predicted molar refractivity (Wildman–Crippen MR) is 153 cm³/mol. The summed E-state index contributed by atoms with van der Waals surface area (Å²) in [5.41, 5.74) is 13.2. The normalized spacial score (nSPS) is 12.2. The monoisotopic (exact) mass is 544 g/mol. The van der Waals surface area contributed by atoms with Crippen molar-refractivity contribution < 1.29 is 14.4 Å². The number of benzene rings is 2. The van der Waals surface area contributed by atoms with Crippen molar-refractivity contribution in [1.29, 1.82) is 0 Å². The minimum atomic E-state index is -0.991. The van der Waals surface area contributed by atoms with Crippen LogP contribution in [0.5, 0.6) is 0 Å². The molecule has 0 saturated heterocycles. The lowest BCUT2D eigenvalue weighted by Gasteiger charge is -2.34. The molecule has 9 nitrogen and oxygen atoms in total. The zero-order valence-corrected chi connectivity index (χ0v) is 23.0. The van der Waals surface area contributed by atoms with Gasteiger partial charge in [-0.3, -0.25) is 19.4 Å². The van der Waals surface area contributed by atoms with Crippen molar-refractivity contribution in [2.75, 3.05) is 12.3 Å². The van der Waals surface area contributed by atoms with Crippen LogP contribution in [0.15, 0.2) is 66.9 Å². The average molecular weight is 545 g/mol. The standard InChI is InChI=1S/C29H32N6O3S/c1-4-29(2,3)33-27(37)24(20-12-13-21-19(17-20)11-8-15-32-21)35(16-14-18-9-6-5-7-10-18)28(38)25-22(30)23(26(31)36)34-39-25/h5-13,15,17,24H,4,14,16,30H2,1-3H3,(H2,31,36)(H,33,37)/t24-/m1/s1. The summed E-state index contributed by atoms with van der Waals surface area (Å²) in [6, 6.07) is 18.0. The molecule has 2 aromatic heterocycles. The topological polar surface area (TPSA) is 144 Å². The molecule has 0 aliphatic rings. The number of aromatic nitrogens is 2. The molecular formula is C29H32N6O3S. The summed E-state index contributed by atoms with van der Waals surface area (Å²) in [6.07, 6.45) is 2.88. The molecule has 5 N–H and O–H groups in total. The molecule has 0 unspecified atom stereocenters. The molecule has 0 bridgehead atoms. The lowest BCUT2D eigenvalue weighted by atomic mass is 9.97. The van der Waals surface area contributed by atoms with Crippen molar-refractivity contribution in [2.45, 2.75) is 45.2 Å². The van der Waals surface area contributed by atoms with E-state index in [1.165, 1.54) is 4.90 Å². The molecule has 3 amide bonds. The summed E-state index contributed by atoms with van der Waals surface area (Å²) in [7, 11) is 0. The number of nitrogens with one attached hydrogen (secondary N) is 1. The highest BCUT2D eigenvalue weighted by Crippen LogP contribution is 2.31. The van der Waals surface area contributed by atoms with E-state index in [0.717, 1.165) is 28.0 Å². The Bertz CT molecular complexity index is 1500. The molecule has 39 heavy (non-hydrogen) atoms. The maximum absolute atomic E-state index is 14.1. The van der Waals surface area contributed by atoms with E-state index in [-0.39, 0.29) is 28.7 Å². The van der Waals surface area contributed by atoms with Gasteiger partial charge in [-0.2, -0.15) is 4.37 Å². The van der Waals surface area contributed by atoms with Crippen molar-refractivity contribution in [2.24, 2.45) is 5.73 Å². The summed E-state index contributed by atoms with van der Waals surface area (Å²) in [5.74, 6) is -1.65. The highest BCUT2D eigenvalue weighted by molar-refractivity contribution is 7.09. The summed E-state index contributed by atoms with van der Waals surface area (Å²) >= 11 is 0.798. The van der Waals surface area contributed by atoms with Crippen molar-refractivity contribution in [1.82, 2.24) is 19.6 Å². The number of hydrogen-bond acceptors (Lipinski definition) is 7. The summed E-state index contributed by atoms with van der Waals surface area (Å²) in [4.78, 5) is 45.9. The molecular weight excluding hydrogens is 512 g/mol. The van der Waals surface area contributed by atoms with Gasteiger partial charge in [0.05, 0.1) is 11.2 Å². The van der Waals surface area contributed by atoms with Crippen molar-refractivity contribution in [3.8, 4) is 0 Å². The summed E-state index contributed by atoms with van der Waals surface area (Å²) in [6.45, 7) is 6.06. The zero-order valence-electron chi connectivity index (χ0n) is 22.2. The predicted octanol–water partition coefficient (Wildman–Crippen LogP) is 4.10. The number of nitrogen functional groups attached to an aromatic ring is 1. The smallest absolute Gasteiger partial charge is 0.270 e. The van der Waals surface area contributed by atoms with E-state index in [2.05, 4.69) is 14.7 Å². The van der Waals surface area contributed by atoms with E-state index in [1.807, 2.05) is 81.4 Å². The molecule has 0 aliphatic heterocycles. The van der Waals surface area contributed by atoms with E-state index in [0.29, 0.717) is 18.4 Å². The molecule has 0 radical (unpaired) electrons. The molecule has 0 spiro atoms. The largest absolute Gasteiger partial charge is 0.395 e. The number of pyridine rings is 1. The fraction of sp³-hybridized carbons (Fsp3) is 0.276. The van der Waals surface area contributed by atoms with Gasteiger partial charge in [0.2, 0.25) is 5.91 Å². The second-order valence-corrected chi connectivity index (χ2v) is 10.7. The fourth-order valence-electron chi connectivity index (χ4n) is 4.23. The van der Waals surface area contributed by atoms with Crippen LogP contribution >= 0.6 is 11.5 Å². The van der Waals surface area contributed by atoms with Gasteiger partial charge in [-0.1, -0.05) is 49.4 Å². The molecule has 202 valence electrons. The highest BCUT2D eigenvalue weighted by atomic mass is 32.1. The molecule has 0 aliphatic carbocycles. The van der Waals surface area contributed by atoms with Crippen LogP contribution in [0, 0.1) is 0 Å². The quantitative estimate of drug-likeness (QED) is 0.274. The Labute approximate surface area is 231 Å². The number of amides is 3. The molecule has 0 saturated carbocycles. The second kappa shape index (κ2) is 11.6. The Kier molecular flexibility index (Phi) is 8.25. The molecule has 0 fully saturated rings. The third kappa shape index (κ3) is 6.23. The van der Waals surface area contributed by atoms with Crippen LogP contribution in [0.4, 0.5) is 5.69 Å². The van der Waals surface area contributed by atoms with Gasteiger partial charge in [-0.05, 0) is 67.5 Å². The van der Waals surface area contributed by atoms with Crippen molar-refractivity contribution in [3.63, 3.8) is 0 Å². The Morgan fingerprint density at radius 2 is 1.82 bits per heavy atom. The van der Waals surface area contributed by atoms with Gasteiger partial charge in [0, 0.05) is 23.7 Å². The van der Waals surface area contributed by atoms with Gasteiger partial charge in [-0.25, -0.2) is 0 Å². The average Bonchev–Trinajstić information content (AvgIpc) is 3.32. The lowest BCUT2D eigenvalue weighted by Crippen LogP contribution is -2.50. The van der Waals surface area contributed by atoms with Gasteiger partial charge in [-0.15, -0.1) is 0 Å². The third-order valence-corrected chi connectivity index (χ3v) is 7.60. The molecule has 2 heterocycles. The van der Waals surface area contributed by atoms with Gasteiger partial charge in [0.15, 0.2) is 5.69 Å². The first-order chi connectivity index (χ1) is 18.6. The van der Waals surface area contributed by atoms with Crippen LogP contribution in [-0.4, -0.2) is 44.1 Å². The van der Waals surface area contributed by atoms with Crippen LogP contribution < -0.4 is 16.8 Å². The van der Waals surface area contributed by atoms with Gasteiger partial charge < -0.3 is 21.7 Å². The van der Waals surface area contributed by atoms with Crippen molar-refractivity contribution in [3.05, 3.63) is 88.6 Å². The number of carbonyl (C=O) groups is 3. The fourth-order valence-corrected chi connectivity index (χ4v) is 4.99. The van der Waals surface area contributed by atoms with Crippen LogP contribution in [0.1, 0.15) is 64.5 Å². The lowest BCUT2D eigenvalue weighted by molar-refractivity contribution is -0.127. The number of rotatable bonds is 10. The Morgan fingerprint density at radius 1 is 1.08 bits per heavy atom. The van der Waals surface area contributed by atoms with E-state index >= 15 is 0 Å². The Hall–Kier alpha value is -4.31. The number of carbonyl (C=O) groups excluding carboxylic acids is 3. The van der Waals surface area contributed by atoms with E-state index in [1.54, 1.807) is 6.20 Å². The first-order valence-corrected chi connectivity index (χ1v) is 13.4. The SMILES string of the molecule is CCC(C)(C)NC(=O)[C@@H](c1ccc2ncccc2c1)N(CCc1ccccc1)C(=O)c1snc(C(N)=O)c1N. The maximum atomic E-state index is 14.1. The van der Waals surface area contributed by atoms with E-state index < -0.39 is 23.4 Å². The second-order valence-electron chi connectivity index (χ2n) is 9.96. The zero-order chi connectivity index (χ0) is 28.2. The van der Waals surface area contributed by atoms with Gasteiger partial charge in [0.25, 0.3) is 11.8 Å². The minimum Gasteiger partial charge on any atom is -0.395 e. The van der Waals surface area contributed by atoms with Crippen LogP contribution in [0.2, 0.25) is 0 Å². The van der Waals surface area contributed by atoms with Gasteiger partial charge in [0.1, 0.15) is 10.9 Å². The number of primary amides is 1. The minimum absolute atomic E-state index is 0.0619. The van der Waals surface area contributed by atoms with Crippen LogP contribution in [0.25, 0.3) is 10.9 Å². The number of nitrogens with zero attached hydrogens (tertiary/aromatic N) is 3. The molecule has 2 aromatic carbocycles. The van der Waals surface area contributed by atoms with Crippen LogP contribution in [0.3, 0.4) is 0 Å². The molecule has 4 rings (SSSR count). The Morgan fingerprint density at radius 3 is 2.49 bits per heavy atom. The van der Waals surface area contributed by atoms with Crippen molar-refractivity contribution >= 4 is 45.8 Å². The number of nitrogens with two attached hydrogens (primary N) is 2. The molecule has 10 heteroatoms. The highest BCUT2D eigenvalue weighted by Gasteiger charge is 2.36. The first kappa shape index (κ1) is 27.7. The van der Waals surface area contributed by atoms with Crippen LogP contribution in [-0.2, 0) is 11.2 Å². The van der Waals surface area contributed by atoms with E-state index in [4.69, 9.17) is 11.5 Å².